The van der Waals surface area contributed by atoms with Gasteiger partial charge in [-0.3, -0.25) is 0 Å². The van der Waals surface area contributed by atoms with Crippen LogP contribution in [0.5, 0.6) is 0 Å². The van der Waals surface area contributed by atoms with Gasteiger partial charge in [0.1, 0.15) is 5.82 Å². The van der Waals surface area contributed by atoms with Gasteiger partial charge in [-0.2, -0.15) is 0 Å². The van der Waals surface area contributed by atoms with Gasteiger partial charge in [0, 0.05) is 19.1 Å². The predicted octanol–water partition coefficient (Wildman–Crippen LogP) is 2.29. The third kappa shape index (κ3) is 4.28. The van der Waals surface area contributed by atoms with Crippen LogP contribution >= 0.6 is 15.9 Å². The van der Waals surface area contributed by atoms with E-state index in [0.29, 0.717) is 10.5 Å². The lowest BCUT2D eigenvalue weighted by Gasteiger charge is -2.13. The highest BCUT2D eigenvalue weighted by atomic mass is 79.9. The van der Waals surface area contributed by atoms with Crippen LogP contribution in [0.3, 0.4) is 0 Å². The first-order chi connectivity index (χ1) is 7.13. The van der Waals surface area contributed by atoms with Gasteiger partial charge in [0.15, 0.2) is 0 Å². The van der Waals surface area contributed by atoms with Gasteiger partial charge in [-0.05, 0) is 47.6 Å². The van der Waals surface area contributed by atoms with Crippen molar-refractivity contribution >= 4 is 15.9 Å². The molecule has 1 aromatic rings. The van der Waals surface area contributed by atoms with Crippen LogP contribution in [-0.2, 0) is 6.54 Å². The Morgan fingerprint density at radius 1 is 1.47 bits per heavy atom. The van der Waals surface area contributed by atoms with Crippen molar-refractivity contribution in [3.63, 3.8) is 0 Å². The van der Waals surface area contributed by atoms with Crippen LogP contribution in [0.15, 0.2) is 22.7 Å². The predicted molar refractivity (Wildman–Crippen MR) is 64.3 cm³/mol. The lowest BCUT2D eigenvalue weighted by atomic mass is 10.2. The van der Waals surface area contributed by atoms with E-state index in [1.807, 2.05) is 7.05 Å². The van der Waals surface area contributed by atoms with E-state index in [9.17, 15) is 4.39 Å². The van der Waals surface area contributed by atoms with Gasteiger partial charge in [-0.25, -0.2) is 4.39 Å². The average molecular weight is 275 g/mol. The molecule has 0 radical (unpaired) electrons. The molecule has 1 atom stereocenters. The standard InChI is InChI=1S/C11H16BrFN2/c1-8(6-14-2)15-7-9-3-4-11(13)10(12)5-9/h3-5,8,14-15H,6-7H2,1-2H3. The SMILES string of the molecule is CNCC(C)NCc1ccc(F)c(Br)c1. The molecule has 1 unspecified atom stereocenters. The molecule has 0 saturated carbocycles. The van der Waals surface area contributed by atoms with E-state index >= 15 is 0 Å². The smallest absolute Gasteiger partial charge is 0.137 e. The largest absolute Gasteiger partial charge is 0.318 e. The summed E-state index contributed by atoms with van der Waals surface area (Å²) in [6.45, 7) is 3.78. The van der Waals surface area contributed by atoms with Crippen molar-refractivity contribution < 1.29 is 4.39 Å². The van der Waals surface area contributed by atoms with Crippen LogP contribution in [0.1, 0.15) is 12.5 Å². The number of rotatable bonds is 5. The first-order valence-electron chi connectivity index (χ1n) is 4.95. The third-order valence-electron chi connectivity index (χ3n) is 2.15. The van der Waals surface area contributed by atoms with Crippen molar-refractivity contribution in [1.29, 1.82) is 0 Å². The molecule has 0 fully saturated rings. The topological polar surface area (TPSA) is 24.1 Å². The van der Waals surface area contributed by atoms with Crippen LogP contribution in [0.2, 0.25) is 0 Å². The zero-order chi connectivity index (χ0) is 11.3. The first-order valence-corrected chi connectivity index (χ1v) is 5.74. The Bertz CT molecular complexity index is 317. The highest BCUT2D eigenvalue weighted by Gasteiger charge is 2.02. The Morgan fingerprint density at radius 2 is 2.20 bits per heavy atom. The number of hydrogen-bond donors (Lipinski definition) is 2. The second-order valence-electron chi connectivity index (χ2n) is 3.59. The summed E-state index contributed by atoms with van der Waals surface area (Å²) in [6, 6.07) is 5.47. The summed E-state index contributed by atoms with van der Waals surface area (Å²) >= 11 is 3.17. The average Bonchev–Trinajstić information content (AvgIpc) is 2.20. The number of hydrogen-bond acceptors (Lipinski definition) is 2. The number of halogens is 2. The molecular formula is C11H16BrFN2. The molecule has 0 heterocycles. The van der Waals surface area contributed by atoms with Gasteiger partial charge in [-0.1, -0.05) is 6.07 Å². The molecule has 0 spiro atoms. The summed E-state index contributed by atoms with van der Waals surface area (Å²) in [4.78, 5) is 0. The van der Waals surface area contributed by atoms with E-state index in [2.05, 4.69) is 33.5 Å². The first kappa shape index (κ1) is 12.6. The molecule has 84 valence electrons. The quantitative estimate of drug-likeness (QED) is 0.861. The third-order valence-corrected chi connectivity index (χ3v) is 2.76. The molecule has 1 aromatic carbocycles. The van der Waals surface area contributed by atoms with Crippen molar-refractivity contribution in [2.24, 2.45) is 0 Å². The fraction of sp³-hybridized carbons (Fsp3) is 0.455. The van der Waals surface area contributed by atoms with Crippen LogP contribution in [0.4, 0.5) is 4.39 Å². The monoisotopic (exact) mass is 274 g/mol. The van der Waals surface area contributed by atoms with Crippen molar-refractivity contribution in [2.45, 2.75) is 19.5 Å². The van der Waals surface area contributed by atoms with Gasteiger partial charge >= 0.3 is 0 Å². The summed E-state index contributed by atoms with van der Waals surface area (Å²) in [6.07, 6.45) is 0. The number of likely N-dealkylation sites (N-methyl/N-ethyl adjacent to an activating group) is 1. The minimum absolute atomic E-state index is 0.220. The molecule has 15 heavy (non-hydrogen) atoms. The van der Waals surface area contributed by atoms with E-state index in [4.69, 9.17) is 0 Å². The second-order valence-corrected chi connectivity index (χ2v) is 4.44. The summed E-state index contributed by atoms with van der Waals surface area (Å²) in [5.41, 5.74) is 1.08. The summed E-state index contributed by atoms with van der Waals surface area (Å²) in [7, 11) is 1.92. The molecule has 2 N–H and O–H groups in total. The van der Waals surface area contributed by atoms with Gasteiger partial charge in [-0.15, -0.1) is 0 Å². The molecule has 2 nitrogen and oxygen atoms in total. The number of nitrogens with one attached hydrogen (secondary N) is 2. The van der Waals surface area contributed by atoms with Crippen molar-refractivity contribution in [2.75, 3.05) is 13.6 Å². The van der Waals surface area contributed by atoms with E-state index in [0.717, 1.165) is 18.7 Å². The van der Waals surface area contributed by atoms with Gasteiger partial charge in [0.25, 0.3) is 0 Å². The molecular weight excluding hydrogens is 259 g/mol. The highest BCUT2D eigenvalue weighted by molar-refractivity contribution is 9.10. The Morgan fingerprint density at radius 3 is 2.80 bits per heavy atom. The minimum atomic E-state index is -0.220. The van der Waals surface area contributed by atoms with E-state index in [-0.39, 0.29) is 5.82 Å². The highest BCUT2D eigenvalue weighted by Crippen LogP contribution is 2.16. The maximum Gasteiger partial charge on any atom is 0.137 e. The molecule has 1 rings (SSSR count). The summed E-state index contributed by atoms with van der Waals surface area (Å²) in [5, 5.41) is 6.43. The lowest BCUT2D eigenvalue weighted by molar-refractivity contribution is 0.522. The normalized spacial score (nSPS) is 12.8. The van der Waals surface area contributed by atoms with Crippen LogP contribution in [0, 0.1) is 5.82 Å². The molecule has 0 aliphatic rings. The van der Waals surface area contributed by atoms with E-state index in [1.165, 1.54) is 6.07 Å². The minimum Gasteiger partial charge on any atom is -0.318 e. The Labute approximate surface area is 98.4 Å². The van der Waals surface area contributed by atoms with Crippen LogP contribution in [-0.4, -0.2) is 19.6 Å². The molecule has 0 aromatic heterocycles. The molecule has 0 aliphatic heterocycles. The van der Waals surface area contributed by atoms with Crippen molar-refractivity contribution in [3.8, 4) is 0 Å². The Kier molecular flexibility index (Phi) is 5.22. The van der Waals surface area contributed by atoms with Gasteiger partial charge in [0.2, 0.25) is 0 Å². The lowest BCUT2D eigenvalue weighted by Crippen LogP contribution is -2.34. The van der Waals surface area contributed by atoms with E-state index in [1.54, 1.807) is 12.1 Å². The summed E-state index contributed by atoms with van der Waals surface area (Å²) in [5.74, 6) is -0.220. The van der Waals surface area contributed by atoms with Gasteiger partial charge in [0.05, 0.1) is 4.47 Å². The zero-order valence-electron chi connectivity index (χ0n) is 8.98. The Balaban J connectivity index is 2.47. The summed E-state index contributed by atoms with van der Waals surface area (Å²) < 4.78 is 13.5. The molecule has 4 heteroatoms. The maximum absolute atomic E-state index is 12.9. The zero-order valence-corrected chi connectivity index (χ0v) is 10.6. The Hall–Kier alpha value is -0.450. The molecule has 0 amide bonds. The number of benzene rings is 1. The molecule has 0 bridgehead atoms. The fourth-order valence-corrected chi connectivity index (χ4v) is 1.75. The molecule has 0 aliphatic carbocycles. The maximum atomic E-state index is 12.9. The van der Waals surface area contributed by atoms with Crippen LogP contribution in [0.25, 0.3) is 0 Å². The fourth-order valence-electron chi connectivity index (χ4n) is 1.32. The van der Waals surface area contributed by atoms with E-state index < -0.39 is 0 Å². The second kappa shape index (κ2) is 6.20. The van der Waals surface area contributed by atoms with Gasteiger partial charge < -0.3 is 10.6 Å². The van der Waals surface area contributed by atoms with Crippen LogP contribution < -0.4 is 10.6 Å². The molecule has 0 saturated heterocycles. The van der Waals surface area contributed by atoms with Crippen molar-refractivity contribution in [1.82, 2.24) is 10.6 Å². The van der Waals surface area contributed by atoms with Crippen molar-refractivity contribution in [3.05, 3.63) is 34.1 Å².